The lowest BCUT2D eigenvalue weighted by Crippen LogP contribution is -2.41. The number of aliphatic hydroxyl groups excluding tert-OH is 1. The van der Waals surface area contributed by atoms with Crippen LogP contribution in [0, 0.1) is 5.92 Å². The largest absolute Gasteiger partial charge is 0.415 e. The number of nitrogens with zero attached hydrogens (tertiary/aromatic N) is 4. The topological polar surface area (TPSA) is 92.4 Å². The summed E-state index contributed by atoms with van der Waals surface area (Å²) in [6.45, 7) is 0.333. The first kappa shape index (κ1) is 20.0. The van der Waals surface area contributed by atoms with Crippen LogP contribution in [0.15, 0.2) is 40.8 Å². The second kappa shape index (κ2) is 7.65. The molecule has 3 aromatic rings. The molecular weight excluding hydrogens is 430 g/mol. The maximum Gasteiger partial charge on any atom is 0.314 e. The number of hydrogen-bond acceptors (Lipinski definition) is 6. The molecule has 3 heterocycles. The van der Waals surface area contributed by atoms with Gasteiger partial charge >= 0.3 is 6.43 Å². The van der Waals surface area contributed by atoms with Gasteiger partial charge in [-0.3, -0.25) is 4.79 Å². The van der Waals surface area contributed by atoms with Gasteiger partial charge in [-0.05, 0) is 48.6 Å². The fraction of sp³-hybridized carbons (Fsp3) is 0.333. The van der Waals surface area contributed by atoms with Gasteiger partial charge in [-0.2, -0.15) is 8.78 Å². The molecule has 0 bridgehead atoms. The zero-order chi connectivity index (χ0) is 21.7. The lowest BCUT2D eigenvalue weighted by Gasteiger charge is -2.31. The molecule has 5 rings (SSSR count). The van der Waals surface area contributed by atoms with Crippen molar-refractivity contribution in [1.29, 1.82) is 0 Å². The minimum atomic E-state index is -2.87. The normalized spacial score (nSPS) is 17.8. The maximum absolute atomic E-state index is 13.3. The number of rotatable bonds is 6. The summed E-state index contributed by atoms with van der Waals surface area (Å²) in [5, 5.41) is 18.3. The van der Waals surface area contributed by atoms with Crippen LogP contribution in [0.2, 0.25) is 5.15 Å². The van der Waals surface area contributed by atoms with Crippen molar-refractivity contribution in [2.45, 2.75) is 38.0 Å². The molecule has 2 atom stereocenters. The Balaban J connectivity index is 1.44. The molecule has 2 aliphatic rings. The Morgan fingerprint density at radius 1 is 1.19 bits per heavy atom. The van der Waals surface area contributed by atoms with E-state index < -0.39 is 24.5 Å². The average Bonchev–Trinajstić information content (AvgIpc) is 3.36. The summed E-state index contributed by atoms with van der Waals surface area (Å²) in [5.74, 6) is -0.929. The summed E-state index contributed by atoms with van der Waals surface area (Å²) in [6, 6.07) is 9.54. The minimum absolute atomic E-state index is 0.0775. The number of amides is 1. The van der Waals surface area contributed by atoms with Crippen LogP contribution in [0.5, 0.6) is 0 Å². The Morgan fingerprint density at radius 2 is 2.00 bits per heavy atom. The van der Waals surface area contributed by atoms with E-state index in [1.54, 1.807) is 41.3 Å². The molecule has 1 aliphatic carbocycles. The zero-order valence-corrected chi connectivity index (χ0v) is 16.8. The highest BCUT2D eigenvalue weighted by Gasteiger charge is 2.45. The van der Waals surface area contributed by atoms with Crippen LogP contribution in [0.3, 0.4) is 0 Å². The van der Waals surface area contributed by atoms with Crippen molar-refractivity contribution in [2.75, 3.05) is 0 Å². The molecule has 7 nitrogen and oxygen atoms in total. The Kier molecular flexibility index (Phi) is 4.94. The molecule has 1 amide bonds. The van der Waals surface area contributed by atoms with E-state index in [2.05, 4.69) is 15.2 Å². The van der Waals surface area contributed by atoms with Crippen LogP contribution < -0.4 is 0 Å². The molecule has 1 aliphatic heterocycles. The van der Waals surface area contributed by atoms with Crippen LogP contribution in [0.25, 0.3) is 11.5 Å². The summed E-state index contributed by atoms with van der Waals surface area (Å²) in [4.78, 5) is 19.1. The van der Waals surface area contributed by atoms with Crippen LogP contribution >= 0.6 is 11.6 Å². The third-order valence-electron chi connectivity index (χ3n) is 5.64. The average molecular weight is 447 g/mol. The number of carbonyl (C=O) groups is 1. The van der Waals surface area contributed by atoms with Crippen LogP contribution in [0.4, 0.5) is 8.78 Å². The van der Waals surface area contributed by atoms with E-state index in [4.69, 9.17) is 16.0 Å². The predicted octanol–water partition coefficient (Wildman–Crippen LogP) is 4.19. The first-order chi connectivity index (χ1) is 14.9. The number of benzene rings is 1. The van der Waals surface area contributed by atoms with Crippen LogP contribution in [-0.4, -0.2) is 37.1 Å². The third kappa shape index (κ3) is 3.68. The zero-order valence-electron chi connectivity index (χ0n) is 16.1. The Morgan fingerprint density at radius 3 is 2.68 bits per heavy atom. The molecule has 0 saturated heterocycles. The van der Waals surface area contributed by atoms with Gasteiger partial charge in [0.15, 0.2) is 0 Å². The Labute approximate surface area is 180 Å². The van der Waals surface area contributed by atoms with Crippen molar-refractivity contribution in [3.8, 4) is 11.5 Å². The van der Waals surface area contributed by atoms with Gasteiger partial charge in [-0.25, -0.2) is 4.98 Å². The van der Waals surface area contributed by atoms with Crippen molar-refractivity contribution in [3.05, 3.63) is 64.3 Å². The fourth-order valence-electron chi connectivity index (χ4n) is 4.02. The maximum atomic E-state index is 13.3. The molecule has 0 radical (unpaired) electrons. The van der Waals surface area contributed by atoms with Gasteiger partial charge in [-0.15, -0.1) is 10.2 Å². The number of fused-ring (bicyclic) bond motifs is 1. The van der Waals surface area contributed by atoms with E-state index in [1.165, 1.54) is 0 Å². The van der Waals surface area contributed by atoms with Crippen LogP contribution in [0.1, 0.15) is 52.9 Å². The van der Waals surface area contributed by atoms with Gasteiger partial charge in [0.05, 0.1) is 11.7 Å². The van der Waals surface area contributed by atoms with Gasteiger partial charge in [0, 0.05) is 17.7 Å². The smallest absolute Gasteiger partial charge is 0.314 e. The lowest BCUT2D eigenvalue weighted by atomic mass is 10.0. The molecule has 31 heavy (non-hydrogen) atoms. The van der Waals surface area contributed by atoms with Gasteiger partial charge in [0.1, 0.15) is 11.3 Å². The Hall–Kier alpha value is -2.91. The molecule has 1 saturated carbocycles. The van der Waals surface area contributed by atoms with Crippen molar-refractivity contribution >= 4 is 17.5 Å². The minimum Gasteiger partial charge on any atom is -0.415 e. The number of aromatic nitrogens is 3. The Bertz CT molecular complexity index is 1150. The number of carbonyl (C=O) groups excluding carboxylic acids is 1. The van der Waals surface area contributed by atoms with Gasteiger partial charge < -0.3 is 14.4 Å². The van der Waals surface area contributed by atoms with Crippen molar-refractivity contribution in [3.63, 3.8) is 0 Å². The fourth-order valence-corrected chi connectivity index (χ4v) is 4.19. The van der Waals surface area contributed by atoms with E-state index >= 15 is 0 Å². The predicted molar refractivity (Wildman–Crippen MR) is 105 cm³/mol. The number of aliphatic hydroxyl groups is 1. The highest BCUT2D eigenvalue weighted by atomic mass is 35.5. The second-order valence-electron chi connectivity index (χ2n) is 7.71. The summed E-state index contributed by atoms with van der Waals surface area (Å²) in [7, 11) is 0. The van der Waals surface area contributed by atoms with Crippen LogP contribution in [-0.2, 0) is 6.54 Å². The number of pyridine rings is 1. The molecule has 0 spiro atoms. The SMILES string of the molecule is O=C1c2cc(-c3nnc(C(F)F)o3)ccc2CN1[C@H](C1CC1)[C@@H](O)c1cccc(Cl)n1. The van der Waals surface area contributed by atoms with Gasteiger partial charge in [0.25, 0.3) is 11.8 Å². The van der Waals surface area contributed by atoms with E-state index in [0.717, 1.165) is 18.4 Å². The lowest BCUT2D eigenvalue weighted by molar-refractivity contribution is 0.0277. The van der Waals surface area contributed by atoms with E-state index in [1.807, 2.05) is 0 Å². The number of alkyl halides is 2. The van der Waals surface area contributed by atoms with E-state index in [9.17, 15) is 18.7 Å². The van der Waals surface area contributed by atoms with Crippen molar-refractivity contribution in [1.82, 2.24) is 20.1 Å². The van der Waals surface area contributed by atoms with Crippen molar-refractivity contribution < 1.29 is 23.1 Å². The molecule has 0 unspecified atom stereocenters. The highest BCUT2D eigenvalue weighted by Crippen LogP contribution is 2.44. The van der Waals surface area contributed by atoms with Gasteiger partial charge in [-0.1, -0.05) is 23.7 Å². The third-order valence-corrected chi connectivity index (χ3v) is 5.85. The highest BCUT2D eigenvalue weighted by molar-refractivity contribution is 6.29. The molecule has 160 valence electrons. The first-order valence-corrected chi connectivity index (χ1v) is 10.2. The standard InChI is InChI=1S/C21H17ClF2N4O3/c22-15-3-1-2-14(25-15)17(29)16(10-4-5-10)28-9-12-7-6-11(8-13(12)21(28)30)19-26-27-20(31-19)18(23)24/h1-3,6-8,10,16-18,29H,4-5,9H2/t16-,17+/m1/s1. The van der Waals surface area contributed by atoms with Gasteiger partial charge in [0.2, 0.25) is 5.89 Å². The summed E-state index contributed by atoms with van der Waals surface area (Å²) in [5.41, 5.74) is 2.00. The second-order valence-corrected chi connectivity index (χ2v) is 8.10. The summed E-state index contributed by atoms with van der Waals surface area (Å²) < 4.78 is 30.5. The number of hydrogen-bond donors (Lipinski definition) is 1. The summed E-state index contributed by atoms with van der Waals surface area (Å²) >= 11 is 5.98. The van der Waals surface area contributed by atoms with Crippen molar-refractivity contribution in [2.24, 2.45) is 5.92 Å². The first-order valence-electron chi connectivity index (χ1n) is 9.78. The van der Waals surface area contributed by atoms with E-state index in [0.29, 0.717) is 23.4 Å². The molecule has 10 heteroatoms. The molecule has 2 aromatic heterocycles. The van der Waals surface area contributed by atoms with E-state index in [-0.39, 0.29) is 22.9 Å². The summed E-state index contributed by atoms with van der Waals surface area (Å²) in [6.07, 6.45) is -2.03. The molecule has 1 fully saturated rings. The molecule has 1 N–H and O–H groups in total. The number of halogens is 3. The molecular formula is C21H17ClF2N4O3. The molecule has 1 aromatic carbocycles. The quantitative estimate of drug-likeness (QED) is 0.571. The monoisotopic (exact) mass is 446 g/mol.